The van der Waals surface area contributed by atoms with Crippen molar-refractivity contribution >= 4 is 5.91 Å². The number of carbonyl (C=O) groups excluding carboxylic acids is 1. The Morgan fingerprint density at radius 1 is 1.39 bits per heavy atom. The van der Waals surface area contributed by atoms with Gasteiger partial charge in [0.15, 0.2) is 5.76 Å². The van der Waals surface area contributed by atoms with Crippen molar-refractivity contribution in [2.75, 3.05) is 13.1 Å². The van der Waals surface area contributed by atoms with Gasteiger partial charge in [-0.25, -0.2) is 0 Å². The first-order valence-corrected chi connectivity index (χ1v) is 6.03. The molecule has 1 amide bonds. The molecule has 1 aromatic heterocycles. The molecule has 1 aromatic rings. The average molecular weight is 254 g/mol. The standard InChI is InChI=1S/C12H18N2O4/c1-6(2)11-10(7(3)13-18-11)12(17)14-4-8(15)9(16)5-14/h6,8-9,15-16H,4-5H2,1-3H3/t8-,9+. The van der Waals surface area contributed by atoms with Gasteiger partial charge in [-0.1, -0.05) is 19.0 Å². The maximum Gasteiger partial charge on any atom is 0.259 e. The molecular weight excluding hydrogens is 236 g/mol. The normalized spacial score (nSPS) is 24.0. The van der Waals surface area contributed by atoms with Gasteiger partial charge in [0.05, 0.1) is 17.9 Å². The van der Waals surface area contributed by atoms with Gasteiger partial charge in [-0.15, -0.1) is 0 Å². The lowest BCUT2D eigenvalue weighted by Gasteiger charge is -2.15. The number of likely N-dealkylation sites (tertiary alicyclic amines) is 1. The maximum absolute atomic E-state index is 12.3. The maximum atomic E-state index is 12.3. The lowest BCUT2D eigenvalue weighted by Crippen LogP contribution is -2.30. The van der Waals surface area contributed by atoms with Crippen LogP contribution in [0.3, 0.4) is 0 Å². The van der Waals surface area contributed by atoms with E-state index in [1.54, 1.807) is 6.92 Å². The van der Waals surface area contributed by atoms with E-state index in [4.69, 9.17) is 4.52 Å². The van der Waals surface area contributed by atoms with Crippen molar-refractivity contribution in [2.45, 2.75) is 38.9 Å². The Balaban J connectivity index is 2.27. The van der Waals surface area contributed by atoms with Crippen molar-refractivity contribution < 1.29 is 19.5 Å². The molecule has 100 valence electrons. The lowest BCUT2D eigenvalue weighted by molar-refractivity contribution is 0.0572. The second-order valence-corrected chi connectivity index (χ2v) is 5.01. The molecular formula is C12H18N2O4. The van der Waals surface area contributed by atoms with Crippen molar-refractivity contribution in [3.05, 3.63) is 17.0 Å². The smallest absolute Gasteiger partial charge is 0.259 e. The number of aliphatic hydroxyl groups is 2. The summed E-state index contributed by atoms with van der Waals surface area (Å²) in [5.74, 6) is 0.365. The van der Waals surface area contributed by atoms with E-state index in [1.807, 2.05) is 13.8 Å². The van der Waals surface area contributed by atoms with Gasteiger partial charge in [0.1, 0.15) is 5.56 Å². The first-order valence-electron chi connectivity index (χ1n) is 6.03. The predicted molar refractivity (Wildman–Crippen MR) is 63.2 cm³/mol. The zero-order chi connectivity index (χ0) is 13.4. The van der Waals surface area contributed by atoms with Crippen LogP contribution in [0.15, 0.2) is 4.52 Å². The second-order valence-electron chi connectivity index (χ2n) is 5.01. The zero-order valence-corrected chi connectivity index (χ0v) is 10.8. The summed E-state index contributed by atoms with van der Waals surface area (Å²) in [5.41, 5.74) is 0.992. The molecule has 2 N–H and O–H groups in total. The molecule has 1 saturated heterocycles. The molecule has 0 bridgehead atoms. The fourth-order valence-corrected chi connectivity index (χ4v) is 2.13. The number of rotatable bonds is 2. The molecule has 2 atom stereocenters. The Morgan fingerprint density at radius 3 is 2.44 bits per heavy atom. The highest BCUT2D eigenvalue weighted by atomic mass is 16.5. The monoisotopic (exact) mass is 254 g/mol. The molecule has 6 nitrogen and oxygen atoms in total. The molecule has 1 fully saturated rings. The van der Waals surface area contributed by atoms with Crippen LogP contribution in [0, 0.1) is 6.92 Å². The molecule has 1 aliphatic rings. The number of aromatic nitrogens is 1. The minimum Gasteiger partial charge on any atom is -0.388 e. The van der Waals surface area contributed by atoms with Crippen LogP contribution in [0.2, 0.25) is 0 Å². The van der Waals surface area contributed by atoms with Gasteiger partial charge in [-0.2, -0.15) is 0 Å². The number of aryl methyl sites for hydroxylation is 1. The average Bonchev–Trinajstić information content (AvgIpc) is 2.83. The summed E-state index contributed by atoms with van der Waals surface area (Å²) in [6.45, 7) is 5.84. The van der Waals surface area contributed by atoms with Gasteiger partial charge in [0.25, 0.3) is 5.91 Å². The fraction of sp³-hybridized carbons (Fsp3) is 0.667. The SMILES string of the molecule is Cc1noc(C(C)C)c1C(=O)N1C[C@@H](O)[C@@H](O)C1. The highest BCUT2D eigenvalue weighted by molar-refractivity contribution is 5.96. The highest BCUT2D eigenvalue weighted by Crippen LogP contribution is 2.25. The summed E-state index contributed by atoms with van der Waals surface area (Å²) < 4.78 is 5.17. The third kappa shape index (κ3) is 2.13. The van der Waals surface area contributed by atoms with Gasteiger partial charge in [0, 0.05) is 19.0 Å². The van der Waals surface area contributed by atoms with Crippen LogP contribution < -0.4 is 0 Å². The first kappa shape index (κ1) is 13.0. The van der Waals surface area contributed by atoms with E-state index in [2.05, 4.69) is 5.16 Å². The van der Waals surface area contributed by atoms with Crippen molar-refractivity contribution in [3.8, 4) is 0 Å². The zero-order valence-electron chi connectivity index (χ0n) is 10.8. The predicted octanol–water partition coefficient (Wildman–Crippen LogP) is 0.284. The summed E-state index contributed by atoms with van der Waals surface area (Å²) in [5, 5.41) is 22.8. The number of hydrogen-bond donors (Lipinski definition) is 2. The van der Waals surface area contributed by atoms with E-state index in [9.17, 15) is 15.0 Å². The van der Waals surface area contributed by atoms with E-state index in [0.29, 0.717) is 17.0 Å². The molecule has 0 unspecified atom stereocenters. The Bertz CT molecular complexity index is 445. The molecule has 18 heavy (non-hydrogen) atoms. The van der Waals surface area contributed by atoms with Crippen LogP contribution in [0.1, 0.15) is 41.6 Å². The third-order valence-electron chi connectivity index (χ3n) is 3.17. The number of carbonyl (C=O) groups is 1. The Kier molecular flexibility index (Phi) is 3.41. The van der Waals surface area contributed by atoms with E-state index in [-0.39, 0.29) is 24.9 Å². The molecule has 6 heteroatoms. The topological polar surface area (TPSA) is 86.8 Å². The Labute approximate surface area is 105 Å². The number of hydrogen-bond acceptors (Lipinski definition) is 5. The van der Waals surface area contributed by atoms with E-state index < -0.39 is 12.2 Å². The molecule has 0 spiro atoms. The summed E-state index contributed by atoms with van der Waals surface area (Å²) in [4.78, 5) is 13.8. The summed E-state index contributed by atoms with van der Waals surface area (Å²) in [6.07, 6.45) is -1.76. The lowest BCUT2D eigenvalue weighted by atomic mass is 10.0. The Hall–Kier alpha value is -1.40. The minimum atomic E-state index is -0.878. The molecule has 2 rings (SSSR count). The highest BCUT2D eigenvalue weighted by Gasteiger charge is 2.35. The number of aliphatic hydroxyl groups excluding tert-OH is 2. The van der Waals surface area contributed by atoms with Crippen molar-refractivity contribution in [3.63, 3.8) is 0 Å². The van der Waals surface area contributed by atoms with Gasteiger partial charge in [0.2, 0.25) is 0 Å². The molecule has 0 aromatic carbocycles. The molecule has 0 aliphatic carbocycles. The van der Waals surface area contributed by atoms with E-state index >= 15 is 0 Å². The van der Waals surface area contributed by atoms with Gasteiger partial charge < -0.3 is 19.6 Å². The summed E-state index contributed by atoms with van der Waals surface area (Å²) >= 11 is 0. The molecule has 2 heterocycles. The largest absolute Gasteiger partial charge is 0.388 e. The molecule has 0 radical (unpaired) electrons. The summed E-state index contributed by atoms with van der Waals surface area (Å²) in [7, 11) is 0. The second kappa shape index (κ2) is 4.70. The van der Waals surface area contributed by atoms with Crippen LogP contribution in [0.25, 0.3) is 0 Å². The van der Waals surface area contributed by atoms with Crippen LogP contribution in [-0.2, 0) is 0 Å². The third-order valence-corrected chi connectivity index (χ3v) is 3.17. The van der Waals surface area contributed by atoms with E-state index in [1.165, 1.54) is 4.90 Å². The van der Waals surface area contributed by atoms with Crippen LogP contribution in [-0.4, -0.2) is 51.5 Å². The minimum absolute atomic E-state index is 0.0580. The van der Waals surface area contributed by atoms with Crippen molar-refractivity contribution in [1.82, 2.24) is 10.1 Å². The molecule has 1 aliphatic heterocycles. The van der Waals surface area contributed by atoms with E-state index in [0.717, 1.165) is 0 Å². The first-order chi connectivity index (χ1) is 8.41. The number of amides is 1. The summed E-state index contributed by atoms with van der Waals surface area (Å²) in [6, 6.07) is 0. The van der Waals surface area contributed by atoms with Gasteiger partial charge in [-0.3, -0.25) is 4.79 Å². The van der Waals surface area contributed by atoms with Crippen LogP contribution in [0.4, 0.5) is 0 Å². The molecule has 0 saturated carbocycles. The van der Waals surface area contributed by atoms with Gasteiger partial charge in [-0.05, 0) is 6.92 Å². The van der Waals surface area contributed by atoms with Crippen LogP contribution >= 0.6 is 0 Å². The fourth-order valence-electron chi connectivity index (χ4n) is 2.13. The number of nitrogens with zero attached hydrogens (tertiary/aromatic N) is 2. The Morgan fingerprint density at radius 2 is 1.94 bits per heavy atom. The van der Waals surface area contributed by atoms with Gasteiger partial charge >= 0.3 is 0 Å². The van der Waals surface area contributed by atoms with Crippen LogP contribution in [0.5, 0.6) is 0 Å². The van der Waals surface area contributed by atoms with Crippen molar-refractivity contribution in [2.24, 2.45) is 0 Å². The quantitative estimate of drug-likeness (QED) is 0.791. The van der Waals surface area contributed by atoms with Crippen molar-refractivity contribution in [1.29, 1.82) is 0 Å². The number of β-amino-alcohol motifs (C(OH)–C–C–N with tert-alkyl or cyclic N) is 2.